The van der Waals surface area contributed by atoms with Crippen LogP contribution in [0.25, 0.3) is 0 Å². The van der Waals surface area contributed by atoms with Crippen LogP contribution in [0, 0.1) is 17.3 Å². The summed E-state index contributed by atoms with van der Waals surface area (Å²) >= 11 is 6.46. The fraction of sp³-hybridized carbons (Fsp3) is 1.00. The van der Waals surface area contributed by atoms with Crippen LogP contribution in [0.15, 0.2) is 0 Å². The topological polar surface area (TPSA) is 9.23 Å². The van der Waals surface area contributed by atoms with Gasteiger partial charge in [0.2, 0.25) is 0 Å². The zero-order valence-electron chi connectivity index (χ0n) is 12.4. The fourth-order valence-electron chi connectivity index (χ4n) is 4.25. The summed E-state index contributed by atoms with van der Waals surface area (Å²) in [6.45, 7) is 9.26. The van der Waals surface area contributed by atoms with E-state index < -0.39 is 0 Å². The minimum Gasteiger partial charge on any atom is -0.374 e. The van der Waals surface area contributed by atoms with E-state index in [0.717, 1.165) is 31.1 Å². The highest BCUT2D eigenvalue weighted by molar-refractivity contribution is 6.21. The summed E-state index contributed by atoms with van der Waals surface area (Å²) in [5, 5.41) is 0.330. The Labute approximate surface area is 118 Å². The summed E-state index contributed by atoms with van der Waals surface area (Å²) in [5.41, 5.74) is 0.255. The number of hydrogen-bond acceptors (Lipinski definition) is 1. The SMILES string of the molecule is CCC1(CC)C(Cl)CC1OC1CC(C)CC(C)C1. The van der Waals surface area contributed by atoms with Gasteiger partial charge in [-0.05, 0) is 50.4 Å². The molecule has 106 valence electrons. The van der Waals surface area contributed by atoms with Crippen molar-refractivity contribution in [3.05, 3.63) is 0 Å². The van der Waals surface area contributed by atoms with Crippen molar-refractivity contribution in [2.75, 3.05) is 0 Å². The van der Waals surface area contributed by atoms with Gasteiger partial charge in [0.05, 0.1) is 12.2 Å². The third kappa shape index (κ3) is 2.58. The molecule has 2 rings (SSSR count). The largest absolute Gasteiger partial charge is 0.374 e. The Kier molecular flexibility index (Phi) is 4.65. The van der Waals surface area contributed by atoms with Crippen molar-refractivity contribution >= 4 is 11.6 Å². The molecule has 0 heterocycles. The van der Waals surface area contributed by atoms with E-state index in [2.05, 4.69) is 27.7 Å². The molecule has 0 radical (unpaired) electrons. The number of ether oxygens (including phenoxy) is 1. The molecular formula is C16H29ClO. The summed E-state index contributed by atoms with van der Waals surface area (Å²) < 4.78 is 6.45. The second kappa shape index (κ2) is 5.71. The quantitative estimate of drug-likeness (QED) is 0.654. The molecule has 4 unspecified atom stereocenters. The minimum atomic E-state index is 0.255. The monoisotopic (exact) mass is 272 g/mol. The lowest BCUT2D eigenvalue weighted by Crippen LogP contribution is -2.56. The summed E-state index contributed by atoms with van der Waals surface area (Å²) in [4.78, 5) is 0. The van der Waals surface area contributed by atoms with Crippen molar-refractivity contribution in [2.24, 2.45) is 17.3 Å². The first-order valence-corrected chi connectivity index (χ1v) is 8.25. The molecule has 4 atom stereocenters. The second-order valence-electron chi connectivity index (χ2n) is 6.81. The lowest BCUT2D eigenvalue weighted by atomic mass is 9.62. The Morgan fingerprint density at radius 1 is 1.00 bits per heavy atom. The summed E-state index contributed by atoms with van der Waals surface area (Å²) in [7, 11) is 0. The molecule has 2 saturated carbocycles. The number of hydrogen-bond donors (Lipinski definition) is 0. The van der Waals surface area contributed by atoms with Crippen molar-refractivity contribution < 1.29 is 4.74 Å². The van der Waals surface area contributed by atoms with E-state index in [9.17, 15) is 0 Å². The Bertz CT molecular complexity index is 264. The normalized spacial score (nSPS) is 43.5. The molecule has 0 aromatic carbocycles. The summed E-state index contributed by atoms with van der Waals surface area (Å²) in [5.74, 6) is 1.64. The van der Waals surface area contributed by atoms with Gasteiger partial charge in [-0.25, -0.2) is 0 Å². The van der Waals surface area contributed by atoms with Gasteiger partial charge in [-0.1, -0.05) is 27.7 Å². The first-order chi connectivity index (χ1) is 8.51. The smallest absolute Gasteiger partial charge is 0.0663 e. The van der Waals surface area contributed by atoms with Gasteiger partial charge in [-0.3, -0.25) is 0 Å². The molecule has 2 aliphatic rings. The highest BCUT2D eigenvalue weighted by atomic mass is 35.5. The van der Waals surface area contributed by atoms with Crippen molar-refractivity contribution in [3.63, 3.8) is 0 Å². The van der Waals surface area contributed by atoms with E-state index >= 15 is 0 Å². The van der Waals surface area contributed by atoms with Crippen LogP contribution in [-0.4, -0.2) is 17.6 Å². The van der Waals surface area contributed by atoms with Crippen molar-refractivity contribution in [1.29, 1.82) is 0 Å². The predicted octanol–water partition coefficient (Wildman–Crippen LogP) is 5.01. The molecule has 0 aromatic rings. The van der Waals surface area contributed by atoms with E-state index in [1.54, 1.807) is 0 Å². The molecule has 0 N–H and O–H groups in total. The van der Waals surface area contributed by atoms with Gasteiger partial charge in [0.1, 0.15) is 0 Å². The number of rotatable bonds is 4. The zero-order chi connectivity index (χ0) is 13.3. The van der Waals surface area contributed by atoms with Crippen molar-refractivity contribution in [3.8, 4) is 0 Å². The Balaban J connectivity index is 1.93. The number of halogens is 1. The first-order valence-electron chi connectivity index (χ1n) is 7.81. The average Bonchev–Trinajstić information content (AvgIpc) is 2.29. The molecule has 0 aliphatic heterocycles. The van der Waals surface area contributed by atoms with Crippen molar-refractivity contribution in [1.82, 2.24) is 0 Å². The van der Waals surface area contributed by atoms with E-state index in [0.29, 0.717) is 17.6 Å². The Hall–Kier alpha value is 0.250. The van der Waals surface area contributed by atoms with Crippen LogP contribution in [-0.2, 0) is 4.74 Å². The van der Waals surface area contributed by atoms with Crippen LogP contribution in [0.5, 0.6) is 0 Å². The molecule has 0 aromatic heterocycles. The summed E-state index contributed by atoms with van der Waals surface area (Å²) in [6.07, 6.45) is 8.13. The van der Waals surface area contributed by atoms with E-state index in [1.165, 1.54) is 19.3 Å². The van der Waals surface area contributed by atoms with Gasteiger partial charge in [0, 0.05) is 10.8 Å². The van der Waals surface area contributed by atoms with Gasteiger partial charge in [0.25, 0.3) is 0 Å². The Morgan fingerprint density at radius 2 is 1.56 bits per heavy atom. The lowest BCUT2D eigenvalue weighted by Gasteiger charge is -2.54. The van der Waals surface area contributed by atoms with E-state index in [1.807, 2.05) is 0 Å². The molecule has 1 nitrogen and oxygen atoms in total. The van der Waals surface area contributed by atoms with E-state index in [-0.39, 0.29) is 5.41 Å². The van der Waals surface area contributed by atoms with Gasteiger partial charge in [-0.2, -0.15) is 0 Å². The maximum absolute atomic E-state index is 6.46. The number of alkyl halides is 1. The molecule has 0 amide bonds. The molecule has 0 saturated heterocycles. The third-order valence-electron chi connectivity index (χ3n) is 5.49. The third-order valence-corrected chi connectivity index (χ3v) is 6.11. The molecule has 0 spiro atoms. The molecule has 2 aliphatic carbocycles. The highest BCUT2D eigenvalue weighted by Gasteiger charge is 2.53. The van der Waals surface area contributed by atoms with Crippen LogP contribution < -0.4 is 0 Å². The molecular weight excluding hydrogens is 244 g/mol. The van der Waals surface area contributed by atoms with Crippen LogP contribution in [0.4, 0.5) is 0 Å². The van der Waals surface area contributed by atoms with Crippen LogP contribution in [0.3, 0.4) is 0 Å². The van der Waals surface area contributed by atoms with Crippen LogP contribution >= 0.6 is 11.6 Å². The van der Waals surface area contributed by atoms with Gasteiger partial charge in [0.15, 0.2) is 0 Å². The zero-order valence-corrected chi connectivity index (χ0v) is 13.2. The first kappa shape index (κ1) is 14.7. The maximum Gasteiger partial charge on any atom is 0.0663 e. The average molecular weight is 273 g/mol. The molecule has 0 bridgehead atoms. The summed E-state index contributed by atoms with van der Waals surface area (Å²) in [6, 6.07) is 0. The Morgan fingerprint density at radius 3 is 2.00 bits per heavy atom. The predicted molar refractivity (Wildman–Crippen MR) is 78.1 cm³/mol. The molecule has 2 fully saturated rings. The van der Waals surface area contributed by atoms with Crippen LogP contribution in [0.2, 0.25) is 0 Å². The van der Waals surface area contributed by atoms with Gasteiger partial charge >= 0.3 is 0 Å². The van der Waals surface area contributed by atoms with Crippen LogP contribution in [0.1, 0.15) is 66.2 Å². The fourth-order valence-corrected chi connectivity index (χ4v) is 4.87. The lowest BCUT2D eigenvalue weighted by molar-refractivity contribution is -0.156. The minimum absolute atomic E-state index is 0.255. The van der Waals surface area contributed by atoms with Gasteiger partial charge in [-0.15, -0.1) is 11.6 Å². The molecule has 2 heteroatoms. The standard InChI is InChI=1S/C16H29ClO/c1-5-16(6-2)14(17)10-15(16)18-13-8-11(3)7-12(4)9-13/h11-15H,5-10H2,1-4H3. The molecule has 18 heavy (non-hydrogen) atoms. The maximum atomic E-state index is 6.46. The van der Waals surface area contributed by atoms with Gasteiger partial charge < -0.3 is 4.74 Å². The second-order valence-corrected chi connectivity index (χ2v) is 7.33. The van der Waals surface area contributed by atoms with E-state index in [4.69, 9.17) is 16.3 Å². The van der Waals surface area contributed by atoms with Crippen molar-refractivity contribution in [2.45, 2.75) is 83.8 Å². The highest BCUT2D eigenvalue weighted by Crippen LogP contribution is 2.52.